The third-order valence-electron chi connectivity index (χ3n) is 2.91. The Hall–Kier alpha value is -1.19. The first-order valence-corrected chi connectivity index (χ1v) is 6.67. The maximum Gasteiger partial charge on any atom is 0.0897 e. The Labute approximate surface area is 107 Å². The van der Waals surface area contributed by atoms with Gasteiger partial charge < -0.3 is 5.73 Å². The second kappa shape index (κ2) is 4.98. The largest absolute Gasteiger partial charge is 0.320 e. The van der Waals surface area contributed by atoms with Crippen LogP contribution in [0.2, 0.25) is 0 Å². The second-order valence-electron chi connectivity index (χ2n) is 4.58. The van der Waals surface area contributed by atoms with Gasteiger partial charge in [-0.15, -0.1) is 11.3 Å². The van der Waals surface area contributed by atoms with Crippen LogP contribution in [0.4, 0.5) is 0 Å². The van der Waals surface area contributed by atoms with Crippen molar-refractivity contribution in [3.63, 3.8) is 0 Å². The fourth-order valence-electron chi connectivity index (χ4n) is 1.77. The smallest absolute Gasteiger partial charge is 0.0897 e. The fourth-order valence-corrected chi connectivity index (χ4v) is 2.59. The summed E-state index contributed by atoms with van der Waals surface area (Å²) in [7, 11) is 0. The lowest BCUT2D eigenvalue weighted by Gasteiger charge is -2.11. The minimum absolute atomic E-state index is 0.0533. The molecular formula is C14H18N2S. The molecule has 2 N–H and O–H groups in total. The summed E-state index contributed by atoms with van der Waals surface area (Å²) in [5.74, 6) is 0.561. The first kappa shape index (κ1) is 12.3. The molecule has 90 valence electrons. The van der Waals surface area contributed by atoms with E-state index in [9.17, 15) is 0 Å². The summed E-state index contributed by atoms with van der Waals surface area (Å²) in [5, 5.41) is 1.06. The molecule has 1 unspecified atom stereocenters. The predicted molar refractivity (Wildman–Crippen MR) is 73.4 cm³/mol. The summed E-state index contributed by atoms with van der Waals surface area (Å²) in [6.07, 6.45) is 1.88. The van der Waals surface area contributed by atoms with E-state index in [4.69, 9.17) is 5.73 Å². The van der Waals surface area contributed by atoms with Crippen LogP contribution in [0.25, 0.3) is 0 Å². The first-order chi connectivity index (χ1) is 8.08. The van der Waals surface area contributed by atoms with Crippen LogP contribution in [-0.4, -0.2) is 4.98 Å². The number of nitrogens with zero attached hydrogens (tertiary/aromatic N) is 1. The molecule has 0 aliphatic heterocycles. The van der Waals surface area contributed by atoms with Crippen LogP contribution < -0.4 is 5.73 Å². The number of hydrogen-bond donors (Lipinski definition) is 1. The van der Waals surface area contributed by atoms with Gasteiger partial charge in [-0.25, -0.2) is 4.98 Å². The van der Waals surface area contributed by atoms with Crippen LogP contribution >= 0.6 is 11.3 Å². The SMILES string of the molecule is Cc1ncc(C(N)c2ccc(C(C)C)cc2)s1. The highest BCUT2D eigenvalue weighted by Gasteiger charge is 2.11. The maximum absolute atomic E-state index is 6.23. The molecule has 1 atom stereocenters. The van der Waals surface area contributed by atoms with Crippen LogP contribution in [0.3, 0.4) is 0 Å². The molecule has 1 aromatic carbocycles. The molecule has 0 aliphatic carbocycles. The van der Waals surface area contributed by atoms with Crippen LogP contribution in [0.5, 0.6) is 0 Å². The molecule has 0 bridgehead atoms. The van der Waals surface area contributed by atoms with E-state index in [2.05, 4.69) is 43.1 Å². The number of rotatable bonds is 3. The molecule has 0 saturated heterocycles. The van der Waals surface area contributed by atoms with Crippen molar-refractivity contribution in [2.45, 2.75) is 32.7 Å². The van der Waals surface area contributed by atoms with Crippen LogP contribution in [0, 0.1) is 6.92 Å². The van der Waals surface area contributed by atoms with E-state index in [0.717, 1.165) is 15.4 Å². The zero-order valence-corrected chi connectivity index (χ0v) is 11.3. The molecule has 0 amide bonds. The fraction of sp³-hybridized carbons (Fsp3) is 0.357. The summed E-state index contributed by atoms with van der Waals surface area (Å²) in [5.41, 5.74) is 8.73. The van der Waals surface area contributed by atoms with Crippen molar-refractivity contribution in [3.8, 4) is 0 Å². The Morgan fingerprint density at radius 1 is 1.12 bits per heavy atom. The van der Waals surface area contributed by atoms with Gasteiger partial charge in [-0.2, -0.15) is 0 Å². The lowest BCUT2D eigenvalue weighted by atomic mass is 9.99. The summed E-state index contributed by atoms with van der Waals surface area (Å²) in [6, 6.07) is 8.51. The van der Waals surface area contributed by atoms with Gasteiger partial charge in [0.15, 0.2) is 0 Å². The third-order valence-corrected chi connectivity index (χ3v) is 3.90. The standard InChI is InChI=1S/C14H18N2S/c1-9(2)11-4-6-12(7-5-11)14(15)13-8-16-10(3)17-13/h4-9,14H,15H2,1-3H3. The topological polar surface area (TPSA) is 38.9 Å². The van der Waals surface area contributed by atoms with Crippen molar-refractivity contribution < 1.29 is 0 Å². The molecule has 2 aromatic rings. The summed E-state index contributed by atoms with van der Waals surface area (Å²) >= 11 is 1.67. The van der Waals surface area contributed by atoms with Gasteiger partial charge in [0.1, 0.15) is 0 Å². The number of aryl methyl sites for hydroxylation is 1. The van der Waals surface area contributed by atoms with Gasteiger partial charge in [-0.1, -0.05) is 38.1 Å². The van der Waals surface area contributed by atoms with Gasteiger partial charge in [0.05, 0.1) is 11.0 Å². The van der Waals surface area contributed by atoms with E-state index >= 15 is 0 Å². The van der Waals surface area contributed by atoms with E-state index in [0.29, 0.717) is 5.92 Å². The van der Waals surface area contributed by atoms with Gasteiger partial charge in [0.25, 0.3) is 0 Å². The highest BCUT2D eigenvalue weighted by molar-refractivity contribution is 7.11. The summed E-state index contributed by atoms with van der Waals surface area (Å²) in [6.45, 7) is 6.39. The molecule has 1 heterocycles. The molecular weight excluding hydrogens is 228 g/mol. The van der Waals surface area contributed by atoms with Crippen LogP contribution in [0.1, 0.15) is 46.8 Å². The van der Waals surface area contributed by atoms with E-state index in [-0.39, 0.29) is 6.04 Å². The number of aromatic nitrogens is 1. The summed E-state index contributed by atoms with van der Waals surface area (Å²) in [4.78, 5) is 5.37. The van der Waals surface area contributed by atoms with Crippen molar-refractivity contribution in [2.24, 2.45) is 5.73 Å². The van der Waals surface area contributed by atoms with E-state index < -0.39 is 0 Å². The Balaban J connectivity index is 2.22. The molecule has 2 nitrogen and oxygen atoms in total. The molecule has 0 saturated carbocycles. The lowest BCUT2D eigenvalue weighted by molar-refractivity contribution is 0.853. The highest BCUT2D eigenvalue weighted by Crippen LogP contribution is 2.25. The molecule has 17 heavy (non-hydrogen) atoms. The minimum Gasteiger partial charge on any atom is -0.320 e. The van der Waals surface area contributed by atoms with Crippen molar-refractivity contribution in [1.82, 2.24) is 4.98 Å². The third kappa shape index (κ3) is 2.73. The molecule has 0 spiro atoms. The Morgan fingerprint density at radius 2 is 1.71 bits per heavy atom. The zero-order chi connectivity index (χ0) is 12.4. The lowest BCUT2D eigenvalue weighted by Crippen LogP contribution is -2.10. The molecule has 2 rings (SSSR count). The number of thiazole rings is 1. The normalized spacial score (nSPS) is 13.0. The first-order valence-electron chi connectivity index (χ1n) is 5.85. The Kier molecular flexibility index (Phi) is 3.60. The Bertz CT molecular complexity index is 485. The highest BCUT2D eigenvalue weighted by atomic mass is 32.1. The van der Waals surface area contributed by atoms with Crippen LogP contribution in [-0.2, 0) is 0 Å². The van der Waals surface area contributed by atoms with E-state index in [1.54, 1.807) is 11.3 Å². The van der Waals surface area contributed by atoms with E-state index in [1.807, 2.05) is 13.1 Å². The minimum atomic E-state index is -0.0533. The van der Waals surface area contributed by atoms with Gasteiger partial charge in [-0.3, -0.25) is 0 Å². The molecule has 1 aromatic heterocycles. The van der Waals surface area contributed by atoms with Crippen molar-refractivity contribution in [3.05, 3.63) is 51.5 Å². The molecule has 3 heteroatoms. The van der Waals surface area contributed by atoms with Gasteiger partial charge in [-0.05, 0) is 24.0 Å². The number of benzene rings is 1. The quantitative estimate of drug-likeness (QED) is 0.898. The average molecular weight is 246 g/mol. The van der Waals surface area contributed by atoms with Crippen LogP contribution in [0.15, 0.2) is 30.5 Å². The molecule has 0 radical (unpaired) electrons. The Morgan fingerprint density at radius 3 is 2.18 bits per heavy atom. The monoisotopic (exact) mass is 246 g/mol. The van der Waals surface area contributed by atoms with E-state index in [1.165, 1.54) is 5.56 Å². The van der Waals surface area contributed by atoms with Gasteiger partial charge in [0.2, 0.25) is 0 Å². The summed E-state index contributed by atoms with van der Waals surface area (Å²) < 4.78 is 0. The molecule has 0 fully saturated rings. The number of nitrogens with two attached hydrogens (primary N) is 1. The predicted octanol–water partition coefficient (Wildman–Crippen LogP) is 3.62. The second-order valence-corrected chi connectivity index (χ2v) is 5.85. The zero-order valence-electron chi connectivity index (χ0n) is 10.5. The number of hydrogen-bond acceptors (Lipinski definition) is 3. The van der Waals surface area contributed by atoms with Crippen molar-refractivity contribution in [1.29, 1.82) is 0 Å². The van der Waals surface area contributed by atoms with Gasteiger partial charge in [0, 0.05) is 11.1 Å². The molecule has 0 aliphatic rings. The maximum atomic E-state index is 6.23. The van der Waals surface area contributed by atoms with Crippen molar-refractivity contribution in [2.75, 3.05) is 0 Å². The van der Waals surface area contributed by atoms with Gasteiger partial charge >= 0.3 is 0 Å². The average Bonchev–Trinajstić information content (AvgIpc) is 2.75. The van der Waals surface area contributed by atoms with Crippen molar-refractivity contribution >= 4 is 11.3 Å².